The van der Waals surface area contributed by atoms with Crippen molar-refractivity contribution in [2.45, 2.75) is 24.0 Å². The molecule has 1 N–H and O–H groups in total. The molecule has 0 aliphatic carbocycles. The fourth-order valence-corrected chi connectivity index (χ4v) is 2.86. The molecule has 22 heavy (non-hydrogen) atoms. The SMILES string of the molecule is CC(C)S(=O)(=O)c1ccc(Oc2cccc(C(=O)O)c2)cc1. The summed E-state index contributed by atoms with van der Waals surface area (Å²) >= 11 is 0. The van der Waals surface area contributed by atoms with E-state index in [1.54, 1.807) is 38.1 Å². The number of hydrogen-bond acceptors (Lipinski definition) is 4. The molecule has 0 heterocycles. The summed E-state index contributed by atoms with van der Waals surface area (Å²) in [6.45, 7) is 3.24. The summed E-state index contributed by atoms with van der Waals surface area (Å²) in [5.41, 5.74) is 0.122. The molecule has 5 nitrogen and oxygen atoms in total. The molecule has 0 amide bonds. The minimum absolute atomic E-state index is 0.122. The van der Waals surface area contributed by atoms with Gasteiger partial charge in [-0.1, -0.05) is 6.07 Å². The summed E-state index contributed by atoms with van der Waals surface area (Å²) in [5.74, 6) is -0.228. The number of aromatic carboxylic acids is 1. The predicted molar refractivity (Wildman–Crippen MR) is 82.2 cm³/mol. The van der Waals surface area contributed by atoms with Crippen molar-refractivity contribution < 1.29 is 23.1 Å². The van der Waals surface area contributed by atoms with E-state index >= 15 is 0 Å². The Labute approximate surface area is 129 Å². The van der Waals surface area contributed by atoms with Gasteiger partial charge in [0.15, 0.2) is 9.84 Å². The van der Waals surface area contributed by atoms with Crippen molar-refractivity contribution in [1.29, 1.82) is 0 Å². The van der Waals surface area contributed by atoms with E-state index in [0.717, 1.165) is 0 Å². The lowest BCUT2D eigenvalue weighted by Gasteiger charge is -2.10. The van der Waals surface area contributed by atoms with E-state index in [1.807, 2.05) is 0 Å². The number of rotatable bonds is 5. The van der Waals surface area contributed by atoms with Gasteiger partial charge in [-0.25, -0.2) is 13.2 Å². The third kappa shape index (κ3) is 3.46. The molecule has 2 aromatic rings. The van der Waals surface area contributed by atoms with Crippen molar-refractivity contribution in [2.75, 3.05) is 0 Å². The second-order valence-electron chi connectivity index (χ2n) is 5.00. The van der Waals surface area contributed by atoms with Gasteiger partial charge in [-0.3, -0.25) is 0 Å². The lowest BCUT2D eigenvalue weighted by Crippen LogP contribution is -2.13. The number of carboxylic acid groups (broad SMARTS) is 1. The van der Waals surface area contributed by atoms with Crippen LogP contribution in [-0.2, 0) is 9.84 Å². The Kier molecular flexibility index (Phi) is 4.51. The van der Waals surface area contributed by atoms with E-state index in [9.17, 15) is 13.2 Å². The molecule has 0 aromatic heterocycles. The van der Waals surface area contributed by atoms with E-state index in [4.69, 9.17) is 9.84 Å². The molecule has 0 saturated carbocycles. The monoisotopic (exact) mass is 320 g/mol. The van der Waals surface area contributed by atoms with E-state index in [-0.39, 0.29) is 10.5 Å². The summed E-state index contributed by atoms with van der Waals surface area (Å²) in [7, 11) is -3.32. The average Bonchev–Trinajstić information content (AvgIpc) is 2.48. The van der Waals surface area contributed by atoms with Crippen LogP contribution in [0.15, 0.2) is 53.4 Å². The number of hydrogen-bond donors (Lipinski definition) is 1. The maximum Gasteiger partial charge on any atom is 0.335 e. The fraction of sp³-hybridized carbons (Fsp3) is 0.188. The first-order valence-electron chi connectivity index (χ1n) is 6.66. The first kappa shape index (κ1) is 16.0. The lowest BCUT2D eigenvalue weighted by molar-refractivity contribution is 0.0696. The Morgan fingerprint density at radius 2 is 1.68 bits per heavy atom. The molecule has 2 aromatic carbocycles. The van der Waals surface area contributed by atoms with Gasteiger partial charge in [-0.2, -0.15) is 0 Å². The number of ether oxygens (including phenoxy) is 1. The second-order valence-corrected chi connectivity index (χ2v) is 7.50. The first-order valence-corrected chi connectivity index (χ1v) is 8.20. The third-order valence-corrected chi connectivity index (χ3v) is 5.26. The highest BCUT2D eigenvalue weighted by Gasteiger charge is 2.18. The van der Waals surface area contributed by atoms with E-state index < -0.39 is 21.1 Å². The van der Waals surface area contributed by atoms with Crippen molar-refractivity contribution in [3.8, 4) is 11.5 Å². The largest absolute Gasteiger partial charge is 0.478 e. The fourth-order valence-electron chi connectivity index (χ4n) is 1.80. The van der Waals surface area contributed by atoms with Crippen LogP contribution in [0.4, 0.5) is 0 Å². The molecule has 0 unspecified atom stereocenters. The third-order valence-electron chi connectivity index (χ3n) is 3.09. The predicted octanol–water partition coefficient (Wildman–Crippen LogP) is 3.36. The minimum Gasteiger partial charge on any atom is -0.478 e. The van der Waals surface area contributed by atoms with Crippen LogP contribution in [0.3, 0.4) is 0 Å². The maximum atomic E-state index is 12.0. The van der Waals surface area contributed by atoms with Gasteiger partial charge in [-0.15, -0.1) is 0 Å². The van der Waals surface area contributed by atoms with Gasteiger partial charge in [0.05, 0.1) is 15.7 Å². The highest BCUT2D eigenvalue weighted by atomic mass is 32.2. The van der Waals surface area contributed by atoms with Gasteiger partial charge in [0, 0.05) is 0 Å². The topological polar surface area (TPSA) is 80.7 Å². The van der Waals surface area contributed by atoms with E-state index in [0.29, 0.717) is 11.5 Å². The van der Waals surface area contributed by atoms with Crippen LogP contribution < -0.4 is 4.74 Å². The van der Waals surface area contributed by atoms with Crippen molar-refractivity contribution >= 4 is 15.8 Å². The van der Waals surface area contributed by atoms with Gasteiger partial charge in [-0.05, 0) is 56.3 Å². The Morgan fingerprint density at radius 1 is 1.05 bits per heavy atom. The zero-order chi connectivity index (χ0) is 16.3. The molecule has 0 bridgehead atoms. The Hall–Kier alpha value is -2.34. The van der Waals surface area contributed by atoms with Gasteiger partial charge >= 0.3 is 5.97 Å². The van der Waals surface area contributed by atoms with Gasteiger partial charge in [0.25, 0.3) is 0 Å². The first-order chi connectivity index (χ1) is 10.3. The molecule has 0 spiro atoms. The van der Waals surface area contributed by atoms with E-state index in [1.165, 1.54) is 24.3 Å². The zero-order valence-corrected chi connectivity index (χ0v) is 13.0. The van der Waals surface area contributed by atoms with E-state index in [2.05, 4.69) is 0 Å². The van der Waals surface area contributed by atoms with Crippen LogP contribution in [0.25, 0.3) is 0 Å². The molecule has 6 heteroatoms. The quantitative estimate of drug-likeness (QED) is 0.913. The summed E-state index contributed by atoms with van der Waals surface area (Å²) in [6, 6.07) is 12.1. The van der Waals surface area contributed by atoms with Crippen LogP contribution in [0.2, 0.25) is 0 Å². The van der Waals surface area contributed by atoms with Crippen LogP contribution in [-0.4, -0.2) is 24.7 Å². The Bertz CT molecular complexity index is 776. The molecular weight excluding hydrogens is 304 g/mol. The Morgan fingerprint density at radius 3 is 2.23 bits per heavy atom. The van der Waals surface area contributed by atoms with Crippen molar-refractivity contribution in [3.63, 3.8) is 0 Å². The minimum atomic E-state index is -3.32. The summed E-state index contributed by atoms with van der Waals surface area (Å²) in [5, 5.41) is 8.44. The van der Waals surface area contributed by atoms with Gasteiger partial charge in [0.1, 0.15) is 11.5 Å². The maximum absolute atomic E-state index is 12.0. The van der Waals surface area contributed by atoms with Crippen LogP contribution in [0.1, 0.15) is 24.2 Å². The van der Waals surface area contributed by atoms with Crippen LogP contribution in [0.5, 0.6) is 11.5 Å². The van der Waals surface area contributed by atoms with Crippen LogP contribution >= 0.6 is 0 Å². The second kappa shape index (κ2) is 6.19. The van der Waals surface area contributed by atoms with Crippen molar-refractivity contribution in [3.05, 3.63) is 54.1 Å². The molecule has 2 rings (SSSR count). The lowest BCUT2D eigenvalue weighted by atomic mass is 10.2. The smallest absolute Gasteiger partial charge is 0.335 e. The molecule has 0 radical (unpaired) electrons. The molecule has 0 aliphatic rings. The number of benzene rings is 2. The summed E-state index contributed by atoms with van der Waals surface area (Å²) in [6.07, 6.45) is 0. The molecule has 116 valence electrons. The normalized spacial score (nSPS) is 11.4. The number of carboxylic acids is 1. The van der Waals surface area contributed by atoms with Crippen molar-refractivity contribution in [1.82, 2.24) is 0 Å². The Balaban J connectivity index is 2.22. The highest BCUT2D eigenvalue weighted by Crippen LogP contribution is 2.25. The number of carbonyl (C=O) groups is 1. The molecule has 0 atom stereocenters. The summed E-state index contributed by atoms with van der Waals surface area (Å²) < 4.78 is 29.6. The molecule has 0 saturated heterocycles. The molecule has 0 aliphatic heterocycles. The number of sulfone groups is 1. The van der Waals surface area contributed by atoms with Crippen LogP contribution in [0, 0.1) is 0 Å². The average molecular weight is 320 g/mol. The zero-order valence-electron chi connectivity index (χ0n) is 12.2. The van der Waals surface area contributed by atoms with Crippen molar-refractivity contribution in [2.24, 2.45) is 0 Å². The standard InChI is InChI=1S/C16H16O5S/c1-11(2)22(19,20)15-8-6-13(7-9-15)21-14-5-3-4-12(10-14)16(17)18/h3-11H,1-2H3,(H,17,18). The molecular formula is C16H16O5S. The molecule has 0 fully saturated rings. The highest BCUT2D eigenvalue weighted by molar-refractivity contribution is 7.92. The van der Waals surface area contributed by atoms with Gasteiger partial charge < -0.3 is 9.84 Å². The van der Waals surface area contributed by atoms with Gasteiger partial charge in [0.2, 0.25) is 0 Å². The summed E-state index contributed by atoms with van der Waals surface area (Å²) in [4.78, 5) is 11.1.